The van der Waals surface area contributed by atoms with Crippen LogP contribution in [0.1, 0.15) is 41.5 Å². The molecule has 0 aromatic heterocycles. The van der Waals surface area contributed by atoms with E-state index < -0.39 is 0 Å². The molecule has 130 valence electrons. The molecule has 0 aromatic carbocycles. The van der Waals surface area contributed by atoms with Gasteiger partial charge in [0.25, 0.3) is 0 Å². The summed E-state index contributed by atoms with van der Waals surface area (Å²) < 4.78 is 0. The van der Waals surface area contributed by atoms with Crippen LogP contribution in [0.15, 0.2) is 34.4 Å². The van der Waals surface area contributed by atoms with Crippen LogP contribution >= 0.6 is 0 Å². The Morgan fingerprint density at radius 2 is 0.955 bits per heavy atom. The molecule has 2 aliphatic rings. The van der Waals surface area contributed by atoms with Gasteiger partial charge in [0.15, 0.2) is 0 Å². The fourth-order valence-corrected chi connectivity index (χ4v) is 1.99. The van der Waals surface area contributed by atoms with Gasteiger partial charge in [-0.05, 0) is 0 Å². The van der Waals surface area contributed by atoms with E-state index in [0.29, 0.717) is 11.8 Å². The Kier molecular flexibility index (Phi) is 26.6. The Balaban J connectivity index is -0.0000000676. The van der Waals surface area contributed by atoms with Gasteiger partial charge in [0.2, 0.25) is 0 Å². The second kappa shape index (κ2) is 17.4. The van der Waals surface area contributed by atoms with Gasteiger partial charge in [-0.1, -0.05) is 39.5 Å². The predicted octanol–water partition coefficient (Wildman–Crippen LogP) is 5.55. The van der Waals surface area contributed by atoms with Crippen LogP contribution in [0.25, 0.3) is 0 Å². The molecule has 0 nitrogen and oxygen atoms in total. The predicted molar refractivity (Wildman–Crippen MR) is 105 cm³/mol. The molecule has 0 saturated carbocycles. The summed E-state index contributed by atoms with van der Waals surface area (Å²) in [4.78, 5) is 0. The topological polar surface area (TPSA) is 0 Å². The molecule has 0 aliphatic heterocycles. The molecule has 0 amide bonds. The van der Waals surface area contributed by atoms with Gasteiger partial charge in [0.05, 0.1) is 0 Å². The van der Waals surface area contributed by atoms with Crippen molar-refractivity contribution in [3.05, 3.63) is 76.3 Å². The Morgan fingerprint density at radius 1 is 0.727 bits per heavy atom. The maximum absolute atomic E-state index is 3.29. The number of hydrogen-bond acceptors (Lipinski definition) is 0. The molecular formula is C20H36SiZr-6. The van der Waals surface area contributed by atoms with Crippen molar-refractivity contribution in [2.45, 2.75) is 41.5 Å². The van der Waals surface area contributed by atoms with Crippen LogP contribution in [-0.4, -0.2) is 6.88 Å². The zero-order chi connectivity index (χ0) is 14.3. The second-order valence-electron chi connectivity index (χ2n) is 4.82. The van der Waals surface area contributed by atoms with E-state index >= 15 is 0 Å². The molecule has 0 heterocycles. The summed E-state index contributed by atoms with van der Waals surface area (Å²) in [7, 11) is 0. The van der Waals surface area contributed by atoms with Crippen LogP contribution in [0.4, 0.5) is 0 Å². The van der Waals surface area contributed by atoms with Crippen molar-refractivity contribution in [2.75, 3.05) is 0 Å². The van der Waals surface area contributed by atoms with Gasteiger partial charge in [-0.2, -0.15) is 12.2 Å². The molecule has 22 heavy (non-hydrogen) atoms. The summed E-state index contributed by atoms with van der Waals surface area (Å²) in [5, 5.41) is 0. The van der Waals surface area contributed by atoms with Gasteiger partial charge in [-0.15, -0.1) is 13.8 Å². The zero-order valence-electron chi connectivity index (χ0n) is 16.5. The van der Waals surface area contributed by atoms with Crippen molar-refractivity contribution in [3.63, 3.8) is 0 Å². The average molecular weight is 396 g/mol. The molecule has 0 radical (unpaired) electrons. The van der Waals surface area contributed by atoms with Crippen LogP contribution in [0, 0.1) is 53.7 Å². The maximum atomic E-state index is 3.29. The molecule has 2 unspecified atom stereocenters. The molecule has 2 rings (SSSR count). The second-order valence-corrected chi connectivity index (χ2v) is 4.82. The number of hydrogen-bond donors (Lipinski definition) is 0. The van der Waals surface area contributed by atoms with Crippen molar-refractivity contribution in [3.8, 4) is 0 Å². The van der Waals surface area contributed by atoms with Crippen LogP contribution in [-0.2, 0) is 23.3 Å². The van der Waals surface area contributed by atoms with E-state index in [9.17, 15) is 0 Å². The van der Waals surface area contributed by atoms with Gasteiger partial charge < -0.3 is 29.7 Å². The quantitative estimate of drug-likeness (QED) is 0.373. The molecule has 2 aliphatic carbocycles. The zero-order valence-corrected chi connectivity index (χ0v) is 20.4. The molecular weight excluding hydrogens is 360 g/mol. The van der Waals surface area contributed by atoms with Crippen molar-refractivity contribution in [1.29, 1.82) is 0 Å². The first-order valence-electron chi connectivity index (χ1n) is 6.33. The fourth-order valence-electron chi connectivity index (χ4n) is 1.99. The Bertz CT molecular complexity index is 326. The van der Waals surface area contributed by atoms with Gasteiger partial charge in [0, 0.05) is 0 Å². The molecule has 0 saturated heterocycles. The summed E-state index contributed by atoms with van der Waals surface area (Å²) >= 11 is 1.58. The normalized spacial score (nSPS) is 20.2. The Hall–Kier alpha value is 0.0600. The minimum atomic E-state index is 0. The van der Waals surface area contributed by atoms with E-state index in [1.54, 1.807) is 23.3 Å². The summed E-state index contributed by atoms with van der Waals surface area (Å²) in [6.07, 6.45) is 11.0. The summed E-state index contributed by atoms with van der Waals surface area (Å²) in [6.45, 7) is 14.7. The standard InChI is InChI=1S/2C8H11.4CH3.H2Si.Zr/c2*1-6-4-7(2)8(3)5-6;;;;;;/h2*4,6H,1-3H3;4*1H3;1H2;/q6*-1;;. The van der Waals surface area contributed by atoms with Gasteiger partial charge >= 0.3 is 30.2 Å². The van der Waals surface area contributed by atoms with Crippen LogP contribution < -0.4 is 0 Å². The molecule has 0 N–H and O–H groups in total. The average Bonchev–Trinajstić information content (AvgIpc) is 2.74. The number of allylic oxidation sites excluding steroid dienone is 8. The SMILES string of the molecule is CC1=[C-]C(C)C=C1C.CC1=[C-]C(C)C=C1C.[CH3-].[CH3-].[CH3-].[CH3-].[SiH2]=[Zr]. The first-order valence-corrected chi connectivity index (χ1v) is 12.3. The Labute approximate surface area is 159 Å². The molecule has 2 heteroatoms. The molecule has 0 aromatic rings. The van der Waals surface area contributed by atoms with Crippen LogP contribution in [0.2, 0.25) is 0 Å². The van der Waals surface area contributed by atoms with Crippen molar-refractivity contribution >= 4 is 6.88 Å². The Morgan fingerprint density at radius 3 is 1.00 bits per heavy atom. The molecule has 2 atom stereocenters. The van der Waals surface area contributed by atoms with E-state index in [1.807, 2.05) is 6.88 Å². The summed E-state index contributed by atoms with van der Waals surface area (Å²) in [6, 6.07) is 0. The third kappa shape index (κ3) is 12.6. The number of rotatable bonds is 0. The van der Waals surface area contributed by atoms with Crippen LogP contribution in [0.3, 0.4) is 0 Å². The molecule has 0 fully saturated rings. The van der Waals surface area contributed by atoms with E-state index in [0.717, 1.165) is 0 Å². The monoisotopic (exact) mass is 394 g/mol. The molecule has 0 spiro atoms. The molecule has 0 bridgehead atoms. The van der Waals surface area contributed by atoms with Gasteiger partial charge in [0.1, 0.15) is 0 Å². The van der Waals surface area contributed by atoms with Crippen molar-refractivity contribution < 1.29 is 23.3 Å². The minimum absolute atomic E-state index is 0. The van der Waals surface area contributed by atoms with Crippen LogP contribution in [0.5, 0.6) is 0 Å². The third-order valence-corrected chi connectivity index (χ3v) is 3.07. The third-order valence-electron chi connectivity index (χ3n) is 3.07. The van der Waals surface area contributed by atoms with E-state index in [-0.39, 0.29) is 29.7 Å². The first-order chi connectivity index (χ1) is 8.40. The van der Waals surface area contributed by atoms with E-state index in [2.05, 4.69) is 65.8 Å². The fraction of sp³-hybridized carbons (Fsp3) is 0.400. The van der Waals surface area contributed by atoms with Crippen molar-refractivity contribution in [1.82, 2.24) is 0 Å². The first kappa shape index (κ1) is 33.6. The van der Waals surface area contributed by atoms with Gasteiger partial charge in [-0.3, -0.25) is 12.2 Å². The van der Waals surface area contributed by atoms with E-state index in [1.165, 1.54) is 22.3 Å². The van der Waals surface area contributed by atoms with Crippen molar-refractivity contribution in [2.24, 2.45) is 11.8 Å². The van der Waals surface area contributed by atoms with Gasteiger partial charge in [-0.25, -0.2) is 22.3 Å². The summed E-state index contributed by atoms with van der Waals surface area (Å²) in [5.74, 6) is 1.10. The summed E-state index contributed by atoms with van der Waals surface area (Å²) in [5.41, 5.74) is 5.41. The van der Waals surface area contributed by atoms with E-state index in [4.69, 9.17) is 0 Å².